The molecule has 6 heteroatoms. The first-order chi connectivity index (χ1) is 8.04. The summed E-state index contributed by atoms with van der Waals surface area (Å²) in [5, 5.41) is 21.9. The van der Waals surface area contributed by atoms with Crippen LogP contribution in [0.3, 0.4) is 0 Å². The van der Waals surface area contributed by atoms with Crippen molar-refractivity contribution < 1.29 is 19.7 Å². The zero-order chi connectivity index (χ0) is 12.8. The lowest BCUT2D eigenvalue weighted by Gasteiger charge is -2.04. The SMILES string of the molecule is COc1cc(/C=N\NC(=O)[C@@H](C)O)ccc1O. The van der Waals surface area contributed by atoms with E-state index in [-0.39, 0.29) is 5.75 Å². The molecule has 0 aromatic heterocycles. The summed E-state index contributed by atoms with van der Waals surface area (Å²) in [5.74, 6) is -0.250. The first-order valence-corrected chi connectivity index (χ1v) is 4.92. The molecule has 0 unspecified atom stereocenters. The van der Waals surface area contributed by atoms with E-state index in [4.69, 9.17) is 9.84 Å². The average Bonchev–Trinajstić information content (AvgIpc) is 2.31. The van der Waals surface area contributed by atoms with Crippen molar-refractivity contribution in [1.29, 1.82) is 0 Å². The molecule has 0 saturated heterocycles. The molecule has 17 heavy (non-hydrogen) atoms. The molecule has 1 amide bonds. The highest BCUT2D eigenvalue weighted by molar-refractivity contribution is 5.84. The molecule has 3 N–H and O–H groups in total. The minimum atomic E-state index is -1.11. The fourth-order valence-electron chi connectivity index (χ4n) is 1.04. The number of hydrogen-bond donors (Lipinski definition) is 3. The summed E-state index contributed by atoms with van der Waals surface area (Å²) in [7, 11) is 1.44. The van der Waals surface area contributed by atoms with E-state index in [0.29, 0.717) is 11.3 Å². The number of phenolic OH excluding ortho intramolecular Hbond substituents is 1. The number of rotatable bonds is 4. The van der Waals surface area contributed by atoms with Crippen molar-refractivity contribution in [3.05, 3.63) is 23.8 Å². The number of aromatic hydroxyl groups is 1. The van der Waals surface area contributed by atoms with Crippen molar-refractivity contribution in [2.24, 2.45) is 5.10 Å². The Kier molecular flexibility index (Phi) is 4.47. The van der Waals surface area contributed by atoms with Gasteiger partial charge in [0.15, 0.2) is 11.5 Å². The summed E-state index contributed by atoms with van der Waals surface area (Å²) in [4.78, 5) is 11.0. The van der Waals surface area contributed by atoms with Crippen LogP contribution in [0.15, 0.2) is 23.3 Å². The maximum Gasteiger partial charge on any atom is 0.268 e. The molecule has 0 aliphatic rings. The lowest BCUT2D eigenvalue weighted by molar-refractivity contribution is -0.128. The highest BCUT2D eigenvalue weighted by atomic mass is 16.5. The normalized spacial score (nSPS) is 12.4. The molecule has 0 saturated carbocycles. The lowest BCUT2D eigenvalue weighted by Crippen LogP contribution is -2.28. The van der Waals surface area contributed by atoms with Crippen molar-refractivity contribution >= 4 is 12.1 Å². The van der Waals surface area contributed by atoms with Crippen molar-refractivity contribution in [2.45, 2.75) is 13.0 Å². The van der Waals surface area contributed by atoms with Crippen molar-refractivity contribution in [2.75, 3.05) is 7.11 Å². The molecule has 1 atom stereocenters. The minimum Gasteiger partial charge on any atom is -0.504 e. The van der Waals surface area contributed by atoms with Gasteiger partial charge in [-0.15, -0.1) is 0 Å². The Balaban J connectivity index is 2.69. The van der Waals surface area contributed by atoms with Gasteiger partial charge in [0.05, 0.1) is 13.3 Å². The van der Waals surface area contributed by atoms with Crippen LogP contribution in [0.4, 0.5) is 0 Å². The van der Waals surface area contributed by atoms with E-state index in [0.717, 1.165) is 0 Å². The van der Waals surface area contributed by atoms with Gasteiger partial charge in [-0.25, -0.2) is 5.43 Å². The number of ether oxygens (including phenoxy) is 1. The minimum absolute atomic E-state index is 0.0256. The number of aliphatic hydroxyl groups excluding tert-OH is 1. The average molecular weight is 238 g/mol. The van der Waals surface area contributed by atoms with Gasteiger partial charge in [-0.3, -0.25) is 4.79 Å². The van der Waals surface area contributed by atoms with E-state index < -0.39 is 12.0 Å². The zero-order valence-electron chi connectivity index (χ0n) is 9.54. The number of carbonyl (C=O) groups excluding carboxylic acids is 1. The Labute approximate surface area is 98.5 Å². The molecule has 6 nitrogen and oxygen atoms in total. The Morgan fingerprint density at radius 3 is 2.88 bits per heavy atom. The number of carbonyl (C=O) groups is 1. The Morgan fingerprint density at radius 1 is 1.59 bits per heavy atom. The zero-order valence-corrected chi connectivity index (χ0v) is 9.54. The standard InChI is InChI=1S/C11H14N2O4/c1-7(14)11(16)13-12-6-8-3-4-9(15)10(5-8)17-2/h3-7,14-15H,1-2H3,(H,13,16)/b12-6-/t7-/m1/s1. The second-order valence-corrected chi connectivity index (χ2v) is 3.34. The van der Waals surface area contributed by atoms with Crippen LogP contribution in [0.5, 0.6) is 11.5 Å². The highest BCUT2D eigenvalue weighted by Gasteiger charge is 2.06. The van der Waals surface area contributed by atoms with E-state index >= 15 is 0 Å². The third kappa shape index (κ3) is 3.76. The van der Waals surface area contributed by atoms with Gasteiger partial charge >= 0.3 is 0 Å². The molecule has 0 heterocycles. The van der Waals surface area contributed by atoms with E-state index in [1.165, 1.54) is 26.3 Å². The molecule has 1 aromatic carbocycles. The molecule has 1 aromatic rings. The maximum atomic E-state index is 11.0. The van der Waals surface area contributed by atoms with Gasteiger partial charge in [0.1, 0.15) is 6.10 Å². The summed E-state index contributed by atoms with van der Waals surface area (Å²) in [6, 6.07) is 4.62. The van der Waals surface area contributed by atoms with Crippen molar-refractivity contribution in [3.8, 4) is 11.5 Å². The fourth-order valence-corrected chi connectivity index (χ4v) is 1.04. The van der Waals surface area contributed by atoms with Crippen LogP contribution in [0, 0.1) is 0 Å². The predicted octanol–water partition coefficient (Wildman–Crippen LogP) is 0.232. The molecule has 0 aliphatic heterocycles. The number of amides is 1. The number of nitrogens with one attached hydrogen (secondary N) is 1. The number of hydrogen-bond acceptors (Lipinski definition) is 5. The van der Waals surface area contributed by atoms with Gasteiger partial charge in [-0.1, -0.05) is 0 Å². The van der Waals surface area contributed by atoms with Crippen LogP contribution in [-0.2, 0) is 4.79 Å². The quantitative estimate of drug-likeness (QED) is 0.517. The maximum absolute atomic E-state index is 11.0. The summed E-state index contributed by atoms with van der Waals surface area (Å²) in [6.07, 6.45) is 0.268. The summed E-state index contributed by atoms with van der Waals surface area (Å²) >= 11 is 0. The smallest absolute Gasteiger partial charge is 0.268 e. The van der Waals surface area contributed by atoms with Gasteiger partial charge in [0.25, 0.3) is 5.91 Å². The molecule has 0 aliphatic carbocycles. The summed E-state index contributed by atoms with van der Waals surface area (Å²) < 4.78 is 4.91. The van der Waals surface area contributed by atoms with Gasteiger partial charge < -0.3 is 14.9 Å². The molecular formula is C11H14N2O4. The second kappa shape index (κ2) is 5.86. The molecule has 0 radical (unpaired) electrons. The number of hydrazone groups is 1. The number of methoxy groups -OCH3 is 1. The van der Waals surface area contributed by atoms with E-state index in [1.54, 1.807) is 12.1 Å². The molecule has 0 bridgehead atoms. The van der Waals surface area contributed by atoms with Gasteiger partial charge in [0.2, 0.25) is 0 Å². The topological polar surface area (TPSA) is 91.2 Å². The number of nitrogens with zero attached hydrogens (tertiary/aromatic N) is 1. The van der Waals surface area contributed by atoms with Crippen LogP contribution < -0.4 is 10.2 Å². The summed E-state index contributed by atoms with van der Waals surface area (Å²) in [5.41, 5.74) is 2.80. The first-order valence-electron chi connectivity index (χ1n) is 4.92. The van der Waals surface area contributed by atoms with Crippen LogP contribution >= 0.6 is 0 Å². The van der Waals surface area contributed by atoms with E-state index in [9.17, 15) is 9.90 Å². The van der Waals surface area contributed by atoms with E-state index in [2.05, 4.69) is 10.5 Å². The fraction of sp³-hybridized carbons (Fsp3) is 0.273. The molecule has 0 fully saturated rings. The third-order valence-corrected chi connectivity index (χ3v) is 1.97. The lowest BCUT2D eigenvalue weighted by atomic mass is 10.2. The van der Waals surface area contributed by atoms with Crippen LogP contribution in [0.2, 0.25) is 0 Å². The second-order valence-electron chi connectivity index (χ2n) is 3.34. The number of phenols is 1. The van der Waals surface area contributed by atoms with Crippen LogP contribution in [-0.4, -0.2) is 35.5 Å². The van der Waals surface area contributed by atoms with Crippen molar-refractivity contribution in [3.63, 3.8) is 0 Å². The third-order valence-electron chi connectivity index (χ3n) is 1.97. The molecular weight excluding hydrogens is 224 g/mol. The Hall–Kier alpha value is -2.08. The van der Waals surface area contributed by atoms with Gasteiger partial charge in [0, 0.05) is 0 Å². The monoisotopic (exact) mass is 238 g/mol. The van der Waals surface area contributed by atoms with E-state index in [1.807, 2.05) is 0 Å². The van der Waals surface area contributed by atoms with Gasteiger partial charge in [-0.2, -0.15) is 5.10 Å². The Bertz CT molecular complexity index is 429. The number of benzene rings is 1. The predicted molar refractivity (Wildman–Crippen MR) is 62.1 cm³/mol. The molecule has 0 spiro atoms. The van der Waals surface area contributed by atoms with Crippen LogP contribution in [0.25, 0.3) is 0 Å². The summed E-state index contributed by atoms with van der Waals surface area (Å²) in [6.45, 7) is 1.34. The molecule has 92 valence electrons. The van der Waals surface area contributed by atoms with Crippen LogP contribution in [0.1, 0.15) is 12.5 Å². The largest absolute Gasteiger partial charge is 0.504 e. The highest BCUT2D eigenvalue weighted by Crippen LogP contribution is 2.25. The van der Waals surface area contributed by atoms with Gasteiger partial charge in [-0.05, 0) is 30.7 Å². The Morgan fingerprint density at radius 2 is 2.29 bits per heavy atom. The first kappa shape index (κ1) is 13.0. The van der Waals surface area contributed by atoms with Crippen molar-refractivity contribution in [1.82, 2.24) is 5.43 Å². The molecule has 1 rings (SSSR count). The number of aliphatic hydroxyl groups is 1.